The van der Waals surface area contributed by atoms with E-state index < -0.39 is 6.16 Å². The van der Waals surface area contributed by atoms with Crippen LogP contribution in [0.1, 0.15) is 6.42 Å². The monoisotopic (exact) mass is 174 g/mol. The Morgan fingerprint density at radius 1 is 1.58 bits per heavy atom. The van der Waals surface area contributed by atoms with Crippen LogP contribution in [-0.2, 0) is 9.84 Å². The number of likely N-dealkylation sites (tertiary alicyclic amines) is 1. The average Bonchev–Trinajstić information content (AvgIpc) is 1.93. The maximum Gasteiger partial charge on any atom is 0.506 e. The first-order valence-corrected chi connectivity index (χ1v) is 3.92. The van der Waals surface area contributed by atoms with Crippen molar-refractivity contribution in [3.8, 4) is 0 Å². The van der Waals surface area contributed by atoms with Gasteiger partial charge in [-0.1, -0.05) is 0 Å². The van der Waals surface area contributed by atoms with Gasteiger partial charge < -0.3 is 9.84 Å². The fourth-order valence-electron chi connectivity index (χ4n) is 1.21. The number of carboxylic acid groups (broad SMARTS) is 1. The molecule has 69 valence electrons. The Bertz CT molecular complexity index is 155. The molecule has 1 saturated heterocycles. The van der Waals surface area contributed by atoms with E-state index in [4.69, 9.17) is 5.11 Å². The van der Waals surface area contributed by atoms with Gasteiger partial charge in [0.2, 0.25) is 0 Å². The highest BCUT2D eigenvalue weighted by Gasteiger charge is 2.28. The Balaban J connectivity index is 2.00. The molecule has 1 aliphatic rings. The Hall–Kier alpha value is -0.810. The highest BCUT2D eigenvalue weighted by atomic mass is 16.7. The van der Waals surface area contributed by atoms with Gasteiger partial charge in [-0.05, 0) is 6.42 Å². The van der Waals surface area contributed by atoms with E-state index in [1.54, 1.807) is 0 Å². The third kappa shape index (κ3) is 2.67. The van der Waals surface area contributed by atoms with Gasteiger partial charge in [-0.3, -0.25) is 4.90 Å². The molecule has 1 aliphatic heterocycles. The second-order valence-electron chi connectivity index (χ2n) is 2.82. The molecule has 0 amide bonds. The predicted molar refractivity (Wildman–Crippen MR) is 39.5 cm³/mol. The SMILES string of the molecule is [O]CCCN1CC(OC(=O)O)C1. The number of hydrogen-bond acceptors (Lipinski definition) is 3. The quantitative estimate of drug-likeness (QED) is 0.617. The number of ether oxygens (including phenoxy) is 1. The maximum atomic E-state index is 10.1. The Morgan fingerprint density at radius 3 is 2.75 bits per heavy atom. The van der Waals surface area contributed by atoms with Crippen LogP contribution < -0.4 is 0 Å². The Labute approximate surface area is 70.5 Å². The van der Waals surface area contributed by atoms with Crippen LogP contribution in [0.3, 0.4) is 0 Å². The third-order valence-electron chi connectivity index (χ3n) is 1.81. The molecule has 5 nitrogen and oxygen atoms in total. The lowest BCUT2D eigenvalue weighted by Crippen LogP contribution is -2.52. The highest BCUT2D eigenvalue weighted by Crippen LogP contribution is 2.11. The van der Waals surface area contributed by atoms with E-state index in [1.807, 2.05) is 4.90 Å². The summed E-state index contributed by atoms with van der Waals surface area (Å²) in [4.78, 5) is 12.0. The maximum absolute atomic E-state index is 10.1. The van der Waals surface area contributed by atoms with Gasteiger partial charge in [-0.2, -0.15) is 0 Å². The van der Waals surface area contributed by atoms with Gasteiger partial charge in [0.15, 0.2) is 0 Å². The molecule has 0 saturated carbocycles. The molecule has 0 atom stereocenters. The third-order valence-corrected chi connectivity index (χ3v) is 1.81. The second kappa shape index (κ2) is 4.27. The number of carbonyl (C=O) groups is 1. The first-order valence-electron chi connectivity index (χ1n) is 3.92. The zero-order valence-electron chi connectivity index (χ0n) is 6.73. The molecular weight excluding hydrogens is 162 g/mol. The molecule has 0 aromatic heterocycles. The van der Waals surface area contributed by atoms with Gasteiger partial charge in [0.25, 0.3) is 0 Å². The van der Waals surface area contributed by atoms with Gasteiger partial charge in [0, 0.05) is 19.6 Å². The molecule has 1 radical (unpaired) electrons. The summed E-state index contributed by atoms with van der Waals surface area (Å²) in [5, 5.41) is 18.3. The van der Waals surface area contributed by atoms with Crippen molar-refractivity contribution < 1.29 is 19.7 Å². The lowest BCUT2D eigenvalue weighted by atomic mass is 10.1. The summed E-state index contributed by atoms with van der Waals surface area (Å²) in [6, 6.07) is 0. The molecule has 1 heterocycles. The predicted octanol–water partition coefficient (Wildman–Crippen LogP) is 0.186. The molecule has 12 heavy (non-hydrogen) atoms. The minimum atomic E-state index is -1.22. The summed E-state index contributed by atoms with van der Waals surface area (Å²) in [6.45, 7) is 1.95. The van der Waals surface area contributed by atoms with Crippen LogP contribution >= 0.6 is 0 Å². The molecule has 0 unspecified atom stereocenters. The van der Waals surface area contributed by atoms with E-state index in [0.717, 1.165) is 6.54 Å². The number of rotatable bonds is 4. The minimum absolute atomic E-state index is 0.0685. The second-order valence-corrected chi connectivity index (χ2v) is 2.82. The fourth-order valence-corrected chi connectivity index (χ4v) is 1.21. The summed E-state index contributed by atoms with van der Waals surface area (Å²) in [7, 11) is 0. The minimum Gasteiger partial charge on any atom is -0.450 e. The summed E-state index contributed by atoms with van der Waals surface area (Å²) in [6.07, 6.45) is -0.780. The molecule has 0 aromatic rings. The van der Waals surface area contributed by atoms with Crippen molar-refractivity contribution in [3.05, 3.63) is 0 Å². The van der Waals surface area contributed by atoms with Gasteiger partial charge in [-0.25, -0.2) is 9.90 Å². The molecule has 0 aromatic carbocycles. The van der Waals surface area contributed by atoms with Crippen molar-refractivity contribution in [2.45, 2.75) is 12.5 Å². The van der Waals surface area contributed by atoms with E-state index in [0.29, 0.717) is 19.5 Å². The average molecular weight is 174 g/mol. The smallest absolute Gasteiger partial charge is 0.450 e. The van der Waals surface area contributed by atoms with Crippen LogP contribution in [0.15, 0.2) is 0 Å². The van der Waals surface area contributed by atoms with E-state index in [2.05, 4.69) is 4.74 Å². The zero-order chi connectivity index (χ0) is 8.97. The van der Waals surface area contributed by atoms with E-state index >= 15 is 0 Å². The standard InChI is InChI=1S/C7H12NO4/c9-3-1-2-8-4-6(5-8)12-7(10)11/h6H,1-5H2,(H,10,11). The summed E-state index contributed by atoms with van der Waals surface area (Å²) >= 11 is 0. The highest BCUT2D eigenvalue weighted by molar-refractivity contribution is 5.57. The van der Waals surface area contributed by atoms with Crippen LogP contribution in [0, 0.1) is 0 Å². The lowest BCUT2D eigenvalue weighted by molar-refractivity contribution is -0.0352. The van der Waals surface area contributed by atoms with Gasteiger partial charge >= 0.3 is 6.16 Å². The largest absolute Gasteiger partial charge is 0.506 e. The molecule has 0 bridgehead atoms. The van der Waals surface area contributed by atoms with Crippen molar-refractivity contribution >= 4 is 6.16 Å². The van der Waals surface area contributed by atoms with Crippen LogP contribution in [0.5, 0.6) is 0 Å². The van der Waals surface area contributed by atoms with Crippen LogP contribution in [-0.4, -0.2) is 48.5 Å². The van der Waals surface area contributed by atoms with Crippen molar-refractivity contribution in [1.29, 1.82) is 0 Å². The topological polar surface area (TPSA) is 69.7 Å². The molecule has 1 rings (SSSR count). The van der Waals surface area contributed by atoms with Crippen LogP contribution in [0.2, 0.25) is 0 Å². The van der Waals surface area contributed by atoms with Gasteiger partial charge in [0.1, 0.15) is 6.10 Å². The molecule has 1 fully saturated rings. The molecule has 0 spiro atoms. The lowest BCUT2D eigenvalue weighted by Gasteiger charge is -2.37. The number of hydrogen-bond donors (Lipinski definition) is 1. The van der Waals surface area contributed by atoms with Crippen molar-refractivity contribution in [3.63, 3.8) is 0 Å². The first kappa shape index (κ1) is 9.28. The molecule has 0 aliphatic carbocycles. The van der Waals surface area contributed by atoms with E-state index in [9.17, 15) is 9.90 Å². The Morgan fingerprint density at radius 2 is 2.25 bits per heavy atom. The molecule has 5 heteroatoms. The number of nitrogens with zero attached hydrogens (tertiary/aromatic N) is 1. The van der Waals surface area contributed by atoms with Crippen LogP contribution in [0.25, 0.3) is 0 Å². The molecule has 1 N–H and O–H groups in total. The van der Waals surface area contributed by atoms with Gasteiger partial charge in [-0.15, -0.1) is 0 Å². The van der Waals surface area contributed by atoms with Crippen molar-refractivity contribution in [2.75, 3.05) is 26.2 Å². The summed E-state index contributed by atoms with van der Waals surface area (Å²) < 4.78 is 4.49. The van der Waals surface area contributed by atoms with Crippen molar-refractivity contribution in [2.24, 2.45) is 0 Å². The van der Waals surface area contributed by atoms with E-state index in [-0.39, 0.29) is 12.7 Å². The normalized spacial score (nSPS) is 18.8. The van der Waals surface area contributed by atoms with Crippen LogP contribution in [0.4, 0.5) is 4.79 Å². The summed E-state index contributed by atoms with van der Waals surface area (Å²) in [5.74, 6) is 0. The van der Waals surface area contributed by atoms with Crippen molar-refractivity contribution in [1.82, 2.24) is 4.90 Å². The van der Waals surface area contributed by atoms with E-state index in [1.165, 1.54) is 0 Å². The molecular formula is C7H12NO4. The Kier molecular flexibility index (Phi) is 3.31. The summed E-state index contributed by atoms with van der Waals surface area (Å²) in [5.41, 5.74) is 0. The zero-order valence-corrected chi connectivity index (χ0v) is 6.73. The fraction of sp³-hybridized carbons (Fsp3) is 0.857. The first-order chi connectivity index (χ1) is 5.72. The van der Waals surface area contributed by atoms with Gasteiger partial charge in [0.05, 0.1) is 6.61 Å².